The van der Waals surface area contributed by atoms with E-state index in [0.29, 0.717) is 13.1 Å². The van der Waals surface area contributed by atoms with Gasteiger partial charge in [-0.1, -0.05) is 19.4 Å². The van der Waals surface area contributed by atoms with Gasteiger partial charge in [-0.05, 0) is 19.0 Å². The van der Waals surface area contributed by atoms with Crippen LogP contribution in [0.1, 0.15) is 20.3 Å². The van der Waals surface area contributed by atoms with Crippen LogP contribution in [0.4, 0.5) is 0 Å². The normalized spacial score (nSPS) is 24.1. The Kier molecular flexibility index (Phi) is 3.64. The molecule has 1 atom stereocenters. The molecule has 1 unspecified atom stereocenters. The van der Waals surface area contributed by atoms with Gasteiger partial charge in [0.25, 0.3) is 0 Å². The molecule has 0 aromatic heterocycles. The highest BCUT2D eigenvalue weighted by atomic mass is 32.2. The molecule has 0 aliphatic carbocycles. The molecule has 0 saturated heterocycles. The number of rotatable bonds is 3. The van der Waals surface area contributed by atoms with Crippen molar-refractivity contribution in [2.75, 3.05) is 13.1 Å². The van der Waals surface area contributed by atoms with Gasteiger partial charge in [-0.15, -0.1) is 0 Å². The average molecular weight is 231 g/mol. The van der Waals surface area contributed by atoms with Gasteiger partial charge in [0.1, 0.15) is 0 Å². The van der Waals surface area contributed by atoms with Crippen LogP contribution in [0.15, 0.2) is 11.6 Å². The largest absolute Gasteiger partial charge is 0.302 e. The zero-order valence-corrected chi connectivity index (χ0v) is 9.84. The Hall–Kier alpha value is -0.720. The van der Waals surface area contributed by atoms with Crippen molar-refractivity contribution in [2.24, 2.45) is 5.14 Å². The molecule has 0 aromatic carbocycles. The van der Waals surface area contributed by atoms with E-state index < -0.39 is 15.4 Å². The Balaban J connectivity index is 3.08. The van der Waals surface area contributed by atoms with Crippen LogP contribution < -0.4 is 5.14 Å². The molecule has 6 heteroatoms. The second kappa shape index (κ2) is 4.42. The predicted molar refractivity (Wildman–Crippen MR) is 60.2 cm³/mol. The summed E-state index contributed by atoms with van der Waals surface area (Å²) in [5, 5.41) is 11.8. The van der Waals surface area contributed by atoms with E-state index in [-0.39, 0.29) is 5.71 Å². The van der Waals surface area contributed by atoms with E-state index in [4.69, 9.17) is 10.5 Å². The number of hydrogen-bond acceptors (Lipinski definition) is 4. The van der Waals surface area contributed by atoms with Crippen LogP contribution in [0, 0.1) is 5.41 Å². The fourth-order valence-electron chi connectivity index (χ4n) is 1.75. The van der Waals surface area contributed by atoms with Crippen molar-refractivity contribution in [1.82, 2.24) is 4.90 Å². The highest BCUT2D eigenvalue weighted by molar-refractivity contribution is 7.90. The molecule has 15 heavy (non-hydrogen) atoms. The lowest BCUT2D eigenvalue weighted by atomic mass is 10.1. The smallest absolute Gasteiger partial charge is 0.231 e. The molecule has 3 N–H and O–H groups in total. The Bertz CT molecular complexity index is 386. The number of likely N-dealkylation sites (N-methyl/N-ethyl adjacent to an activating group) is 1. The van der Waals surface area contributed by atoms with E-state index in [1.807, 2.05) is 13.8 Å². The third-order valence-electron chi connectivity index (χ3n) is 2.54. The Morgan fingerprint density at radius 2 is 2.20 bits per heavy atom. The van der Waals surface area contributed by atoms with Crippen molar-refractivity contribution in [3.8, 4) is 0 Å². The molecule has 0 fully saturated rings. The highest BCUT2D eigenvalue weighted by Gasteiger charge is 2.34. The van der Waals surface area contributed by atoms with Crippen molar-refractivity contribution in [1.29, 1.82) is 5.41 Å². The Morgan fingerprint density at radius 1 is 1.60 bits per heavy atom. The predicted octanol–water partition coefficient (Wildman–Crippen LogP) is 0.293. The van der Waals surface area contributed by atoms with Crippen molar-refractivity contribution in [2.45, 2.75) is 25.6 Å². The van der Waals surface area contributed by atoms with Crippen LogP contribution in [0.5, 0.6) is 0 Å². The molecule has 0 aromatic rings. The third-order valence-corrected chi connectivity index (χ3v) is 3.71. The van der Waals surface area contributed by atoms with Gasteiger partial charge in [0.2, 0.25) is 10.0 Å². The van der Waals surface area contributed by atoms with Gasteiger partial charge in [0.05, 0.1) is 5.71 Å². The summed E-state index contributed by atoms with van der Waals surface area (Å²) in [6.45, 7) is 5.01. The van der Waals surface area contributed by atoms with Crippen molar-refractivity contribution in [3.05, 3.63) is 11.6 Å². The molecular formula is C9H17N3O2S. The van der Waals surface area contributed by atoms with E-state index in [9.17, 15) is 8.42 Å². The first-order valence-corrected chi connectivity index (χ1v) is 6.54. The fraction of sp³-hybridized carbons (Fsp3) is 0.667. The minimum absolute atomic E-state index is 0.0717. The van der Waals surface area contributed by atoms with E-state index in [1.54, 1.807) is 11.0 Å². The van der Waals surface area contributed by atoms with Gasteiger partial charge in [-0.3, -0.25) is 4.90 Å². The molecule has 1 aliphatic rings. The lowest BCUT2D eigenvalue weighted by Crippen LogP contribution is -2.51. The minimum atomic E-state index is -3.71. The maximum absolute atomic E-state index is 11.3. The molecule has 0 spiro atoms. The fourth-order valence-corrected chi connectivity index (χ4v) is 2.81. The quantitative estimate of drug-likeness (QED) is 0.732. The van der Waals surface area contributed by atoms with E-state index >= 15 is 0 Å². The summed E-state index contributed by atoms with van der Waals surface area (Å²) < 4.78 is 22.7. The molecular weight excluding hydrogens is 214 g/mol. The molecule has 1 aliphatic heterocycles. The molecule has 0 amide bonds. The number of hydrogen-bond donors (Lipinski definition) is 2. The SMILES string of the molecule is CCC1=CC(=N)C(S(N)(=O)=O)N(CC)C1. The summed E-state index contributed by atoms with van der Waals surface area (Å²) >= 11 is 0. The summed E-state index contributed by atoms with van der Waals surface area (Å²) in [4.78, 5) is 1.70. The highest BCUT2D eigenvalue weighted by Crippen LogP contribution is 2.18. The maximum Gasteiger partial charge on any atom is 0.231 e. The first-order chi connectivity index (χ1) is 6.90. The van der Waals surface area contributed by atoms with Gasteiger partial charge < -0.3 is 5.41 Å². The van der Waals surface area contributed by atoms with Gasteiger partial charge in [-0.25, -0.2) is 13.6 Å². The molecule has 1 heterocycles. The molecule has 86 valence electrons. The summed E-state index contributed by atoms with van der Waals surface area (Å²) in [6, 6.07) is 0. The van der Waals surface area contributed by atoms with Gasteiger partial charge in [-0.2, -0.15) is 0 Å². The molecule has 5 nitrogen and oxygen atoms in total. The lowest BCUT2D eigenvalue weighted by Gasteiger charge is -2.33. The maximum atomic E-state index is 11.3. The van der Waals surface area contributed by atoms with Crippen LogP contribution in [-0.4, -0.2) is 37.5 Å². The molecule has 0 bridgehead atoms. The third kappa shape index (κ3) is 2.64. The van der Waals surface area contributed by atoms with E-state index in [1.165, 1.54) is 0 Å². The second-order valence-electron chi connectivity index (χ2n) is 3.62. The van der Waals surface area contributed by atoms with Crippen LogP contribution in [0.3, 0.4) is 0 Å². The summed E-state index contributed by atoms with van der Waals surface area (Å²) in [5.41, 5.74) is 1.14. The summed E-state index contributed by atoms with van der Waals surface area (Å²) in [7, 11) is -3.71. The average Bonchev–Trinajstić information content (AvgIpc) is 2.14. The molecule has 0 radical (unpaired) electrons. The van der Waals surface area contributed by atoms with Crippen molar-refractivity contribution < 1.29 is 8.42 Å². The zero-order valence-electron chi connectivity index (χ0n) is 9.03. The standard InChI is InChI=1S/C9H17N3O2S/c1-3-7-5-8(10)9(15(11,13)14)12(4-2)6-7/h5,9-10H,3-4,6H2,1-2H3,(H2,11,13,14). The summed E-state index contributed by atoms with van der Waals surface area (Å²) in [6.07, 6.45) is 2.46. The van der Waals surface area contributed by atoms with E-state index in [0.717, 1.165) is 12.0 Å². The van der Waals surface area contributed by atoms with Crippen LogP contribution in [-0.2, 0) is 10.0 Å². The molecule has 0 saturated carbocycles. The Labute approximate surface area is 90.5 Å². The first kappa shape index (κ1) is 12.4. The number of primary sulfonamides is 1. The van der Waals surface area contributed by atoms with Crippen LogP contribution in [0.25, 0.3) is 0 Å². The molecule has 1 rings (SSSR count). The van der Waals surface area contributed by atoms with Crippen LogP contribution >= 0.6 is 0 Å². The number of sulfonamides is 1. The van der Waals surface area contributed by atoms with Gasteiger partial charge in [0.15, 0.2) is 5.37 Å². The van der Waals surface area contributed by atoms with Gasteiger partial charge in [0, 0.05) is 6.54 Å². The van der Waals surface area contributed by atoms with Gasteiger partial charge >= 0.3 is 0 Å². The number of nitrogens with one attached hydrogen (secondary N) is 1. The van der Waals surface area contributed by atoms with Crippen LogP contribution in [0.2, 0.25) is 0 Å². The first-order valence-electron chi connectivity index (χ1n) is 4.93. The lowest BCUT2D eigenvalue weighted by molar-refractivity contribution is 0.316. The Morgan fingerprint density at radius 3 is 2.60 bits per heavy atom. The minimum Gasteiger partial charge on any atom is -0.302 e. The summed E-state index contributed by atoms with van der Waals surface area (Å²) in [5.74, 6) is 0. The van der Waals surface area contributed by atoms with Crippen molar-refractivity contribution >= 4 is 15.7 Å². The monoisotopic (exact) mass is 231 g/mol. The topological polar surface area (TPSA) is 87.2 Å². The van der Waals surface area contributed by atoms with E-state index in [2.05, 4.69) is 0 Å². The number of nitrogens with zero attached hydrogens (tertiary/aromatic N) is 1. The zero-order chi connectivity index (χ0) is 11.6. The number of nitrogens with two attached hydrogens (primary N) is 1. The van der Waals surface area contributed by atoms with Crippen molar-refractivity contribution in [3.63, 3.8) is 0 Å². The second-order valence-corrected chi connectivity index (χ2v) is 5.24.